The molecule has 0 saturated heterocycles. The third kappa shape index (κ3) is 10.7. The Morgan fingerprint density at radius 3 is 2.29 bits per heavy atom. The molecule has 1 heterocycles. The van der Waals surface area contributed by atoms with Gasteiger partial charge in [0.2, 0.25) is 5.91 Å². The van der Waals surface area contributed by atoms with Gasteiger partial charge in [-0.05, 0) is 63.4 Å². The molecule has 0 bridgehead atoms. The van der Waals surface area contributed by atoms with Gasteiger partial charge in [0.15, 0.2) is 0 Å². The zero-order chi connectivity index (χ0) is 29.7. The number of hydrogen-bond acceptors (Lipinski definition) is 6. The van der Waals surface area contributed by atoms with Crippen LogP contribution in [0.1, 0.15) is 81.6 Å². The van der Waals surface area contributed by atoms with E-state index in [-0.39, 0.29) is 17.9 Å². The van der Waals surface area contributed by atoms with Gasteiger partial charge in [0.25, 0.3) is 5.91 Å². The molecular weight excluding hydrogens is 518 g/mol. The van der Waals surface area contributed by atoms with Crippen LogP contribution < -0.4 is 21.3 Å². The van der Waals surface area contributed by atoms with Gasteiger partial charge in [0.05, 0.1) is 16.8 Å². The highest BCUT2D eigenvalue weighted by molar-refractivity contribution is 6.08. The Morgan fingerprint density at radius 2 is 1.59 bits per heavy atom. The van der Waals surface area contributed by atoms with Crippen molar-refractivity contribution in [3.63, 3.8) is 0 Å². The number of pyridine rings is 1. The largest absolute Gasteiger partial charge is 0.444 e. The lowest BCUT2D eigenvalue weighted by atomic mass is 10.0. The highest BCUT2D eigenvalue weighted by atomic mass is 16.6. The molecule has 2 aromatic carbocycles. The number of carbonyl (C=O) groups excluding carboxylic acids is 3. The summed E-state index contributed by atoms with van der Waals surface area (Å²) in [5, 5.41) is 12.7. The quantitative estimate of drug-likeness (QED) is 0.174. The van der Waals surface area contributed by atoms with Crippen LogP contribution in [0.25, 0.3) is 10.9 Å². The maximum Gasteiger partial charge on any atom is 0.407 e. The van der Waals surface area contributed by atoms with Gasteiger partial charge in [0.1, 0.15) is 5.60 Å². The Kier molecular flexibility index (Phi) is 11.9. The number of amides is 3. The van der Waals surface area contributed by atoms with E-state index in [1.807, 2.05) is 69.3 Å². The van der Waals surface area contributed by atoms with Crippen LogP contribution in [0.4, 0.5) is 16.2 Å². The summed E-state index contributed by atoms with van der Waals surface area (Å²) in [5.74, 6) is -0.208. The summed E-state index contributed by atoms with van der Waals surface area (Å²) < 4.78 is 5.22. The molecule has 0 radical (unpaired) electrons. The molecule has 0 aliphatic heterocycles. The van der Waals surface area contributed by atoms with E-state index in [1.165, 1.54) is 0 Å². The number of rotatable bonds is 14. The number of anilines is 2. The smallest absolute Gasteiger partial charge is 0.407 e. The number of unbranched alkanes of at least 4 members (excludes halogenated alkanes) is 5. The molecule has 0 unspecified atom stereocenters. The summed E-state index contributed by atoms with van der Waals surface area (Å²) >= 11 is 0. The molecular formula is C32H43N5O4. The van der Waals surface area contributed by atoms with Crippen LogP contribution in [0.2, 0.25) is 0 Å². The van der Waals surface area contributed by atoms with Gasteiger partial charge in [-0.3, -0.25) is 14.6 Å². The average Bonchev–Trinajstić information content (AvgIpc) is 2.94. The second kappa shape index (κ2) is 15.6. The number of benzene rings is 2. The molecule has 0 spiro atoms. The minimum Gasteiger partial charge on any atom is -0.444 e. The van der Waals surface area contributed by atoms with E-state index in [0.29, 0.717) is 30.8 Å². The van der Waals surface area contributed by atoms with Crippen molar-refractivity contribution >= 4 is 40.2 Å². The zero-order valence-electron chi connectivity index (χ0n) is 24.6. The van der Waals surface area contributed by atoms with Gasteiger partial charge in [-0.1, -0.05) is 49.9 Å². The number of nitrogens with zero attached hydrogens (tertiary/aromatic N) is 1. The fraction of sp³-hybridized carbons (Fsp3) is 0.438. The molecule has 9 nitrogen and oxygen atoms in total. The number of ether oxygens (including phenoxy) is 1. The number of aromatic nitrogens is 1. The minimum atomic E-state index is -0.481. The SMILES string of the molecule is CNC(=O)c1cnc2ccc(CNC(=O)CCCCCCCCNC(=O)OC(C)(C)C)cc2c1Nc1ccccc1. The van der Waals surface area contributed by atoms with Gasteiger partial charge >= 0.3 is 6.09 Å². The van der Waals surface area contributed by atoms with Crippen molar-refractivity contribution in [3.8, 4) is 0 Å². The van der Waals surface area contributed by atoms with Gasteiger partial charge < -0.3 is 26.0 Å². The molecule has 0 fully saturated rings. The van der Waals surface area contributed by atoms with E-state index in [2.05, 4.69) is 26.3 Å². The fourth-order valence-electron chi connectivity index (χ4n) is 4.37. The molecule has 1 aromatic heterocycles. The molecule has 3 aromatic rings. The lowest BCUT2D eigenvalue weighted by Crippen LogP contribution is -2.32. The molecule has 0 aliphatic rings. The second-order valence-corrected chi connectivity index (χ2v) is 11.0. The first-order chi connectivity index (χ1) is 19.7. The Bertz CT molecular complexity index is 1300. The van der Waals surface area contributed by atoms with Gasteiger partial charge in [0, 0.05) is 43.8 Å². The molecule has 220 valence electrons. The number of alkyl carbamates (subject to hydrolysis) is 1. The summed E-state index contributed by atoms with van der Waals surface area (Å²) in [4.78, 5) is 41.2. The monoisotopic (exact) mass is 561 g/mol. The number of hydrogen-bond donors (Lipinski definition) is 4. The van der Waals surface area contributed by atoms with E-state index in [0.717, 1.165) is 60.7 Å². The van der Waals surface area contributed by atoms with E-state index >= 15 is 0 Å². The van der Waals surface area contributed by atoms with Crippen LogP contribution >= 0.6 is 0 Å². The summed E-state index contributed by atoms with van der Waals surface area (Å²) in [5.41, 5.74) is 3.19. The minimum absolute atomic E-state index is 0.0199. The van der Waals surface area contributed by atoms with Crippen molar-refractivity contribution in [1.29, 1.82) is 0 Å². The Morgan fingerprint density at radius 1 is 0.878 bits per heavy atom. The molecule has 0 atom stereocenters. The van der Waals surface area contributed by atoms with Crippen molar-refractivity contribution in [2.24, 2.45) is 0 Å². The maximum absolute atomic E-state index is 12.6. The van der Waals surface area contributed by atoms with Crippen molar-refractivity contribution in [2.45, 2.75) is 77.9 Å². The van der Waals surface area contributed by atoms with Crippen molar-refractivity contribution in [2.75, 3.05) is 18.9 Å². The number of carbonyl (C=O) groups is 3. The first-order valence-corrected chi connectivity index (χ1v) is 14.4. The van der Waals surface area contributed by atoms with Gasteiger partial charge in [-0.2, -0.15) is 0 Å². The fourth-order valence-corrected chi connectivity index (χ4v) is 4.37. The summed E-state index contributed by atoms with van der Waals surface area (Å²) in [6.45, 7) is 6.55. The van der Waals surface area contributed by atoms with Crippen LogP contribution in [-0.4, -0.2) is 42.1 Å². The highest BCUT2D eigenvalue weighted by Gasteiger charge is 2.16. The second-order valence-electron chi connectivity index (χ2n) is 11.0. The van der Waals surface area contributed by atoms with E-state index in [9.17, 15) is 14.4 Å². The Balaban J connectivity index is 1.44. The van der Waals surface area contributed by atoms with Crippen molar-refractivity contribution in [3.05, 3.63) is 65.9 Å². The van der Waals surface area contributed by atoms with Crippen LogP contribution in [0, 0.1) is 0 Å². The van der Waals surface area contributed by atoms with E-state index in [1.54, 1.807) is 13.2 Å². The van der Waals surface area contributed by atoms with Crippen LogP contribution in [0.5, 0.6) is 0 Å². The average molecular weight is 562 g/mol. The highest BCUT2D eigenvalue weighted by Crippen LogP contribution is 2.30. The van der Waals surface area contributed by atoms with Crippen molar-refractivity contribution < 1.29 is 19.1 Å². The third-order valence-electron chi connectivity index (χ3n) is 6.44. The molecule has 0 aliphatic carbocycles. The zero-order valence-corrected chi connectivity index (χ0v) is 24.6. The molecule has 9 heteroatoms. The number of para-hydroxylation sites is 1. The summed E-state index contributed by atoms with van der Waals surface area (Å²) in [6.07, 6.45) is 7.58. The first-order valence-electron chi connectivity index (χ1n) is 14.4. The lowest BCUT2D eigenvalue weighted by Gasteiger charge is -2.19. The Labute approximate surface area is 242 Å². The lowest BCUT2D eigenvalue weighted by molar-refractivity contribution is -0.121. The summed E-state index contributed by atoms with van der Waals surface area (Å²) in [7, 11) is 1.59. The first kappa shape index (κ1) is 31.4. The molecule has 41 heavy (non-hydrogen) atoms. The third-order valence-corrected chi connectivity index (χ3v) is 6.44. The molecule has 3 rings (SSSR count). The van der Waals surface area contributed by atoms with Crippen LogP contribution in [0.3, 0.4) is 0 Å². The number of fused-ring (bicyclic) bond motifs is 1. The van der Waals surface area contributed by atoms with Crippen LogP contribution in [0.15, 0.2) is 54.7 Å². The number of nitrogens with one attached hydrogen (secondary N) is 4. The normalized spacial score (nSPS) is 11.1. The van der Waals surface area contributed by atoms with Gasteiger partial charge in [-0.15, -0.1) is 0 Å². The topological polar surface area (TPSA) is 121 Å². The maximum atomic E-state index is 12.6. The summed E-state index contributed by atoms with van der Waals surface area (Å²) in [6, 6.07) is 15.5. The van der Waals surface area contributed by atoms with Gasteiger partial charge in [-0.25, -0.2) is 4.79 Å². The van der Waals surface area contributed by atoms with Crippen molar-refractivity contribution in [1.82, 2.24) is 20.9 Å². The molecule has 4 N–H and O–H groups in total. The predicted molar refractivity (Wildman–Crippen MR) is 163 cm³/mol. The Hall–Kier alpha value is -4.14. The predicted octanol–water partition coefficient (Wildman–Crippen LogP) is 6.21. The molecule has 0 saturated carbocycles. The van der Waals surface area contributed by atoms with Crippen LogP contribution in [-0.2, 0) is 16.1 Å². The standard InChI is InChI=1S/C32H43N5O4/c1-32(2,3)41-31(40)34-19-13-8-6-5-7-12-16-28(38)36-21-23-17-18-27-25(20-23)29(26(22-35-27)30(39)33-4)37-24-14-10-9-11-15-24/h9-11,14-15,17-18,20,22H,5-8,12-13,16,19,21H2,1-4H3,(H,33,39)(H,34,40)(H,35,37)(H,36,38). The van der Waals surface area contributed by atoms with E-state index in [4.69, 9.17) is 4.74 Å². The van der Waals surface area contributed by atoms with E-state index < -0.39 is 5.60 Å². The molecule has 3 amide bonds.